The third-order valence-corrected chi connectivity index (χ3v) is 4.15. The number of carbonyl (C=O) groups is 1. The molecule has 1 atom stereocenters. The van der Waals surface area contributed by atoms with E-state index in [2.05, 4.69) is 29.6 Å². The lowest BCUT2D eigenvalue weighted by Gasteiger charge is -2.25. The summed E-state index contributed by atoms with van der Waals surface area (Å²) in [5, 5.41) is 6.21. The molecule has 0 saturated carbocycles. The summed E-state index contributed by atoms with van der Waals surface area (Å²) in [5.74, 6) is 0.517. The standard InChI is InChI=1S/C16H16ClNO/c1-10(19)18-9-11-7-12-3-2-4-14-15(17)6-5-13(8-11)16(12)14/h2-6,11H,7-9H2,1H3,(H,18,19). The zero-order chi connectivity index (χ0) is 13.4. The van der Waals surface area contributed by atoms with Crippen LogP contribution in [0, 0.1) is 5.92 Å². The summed E-state index contributed by atoms with van der Waals surface area (Å²) in [6.07, 6.45) is 2.01. The highest BCUT2D eigenvalue weighted by Crippen LogP contribution is 2.35. The molecule has 3 rings (SSSR count). The van der Waals surface area contributed by atoms with Crippen molar-refractivity contribution in [3.8, 4) is 0 Å². The van der Waals surface area contributed by atoms with Gasteiger partial charge in [-0.1, -0.05) is 35.9 Å². The first-order valence-corrected chi connectivity index (χ1v) is 6.96. The average Bonchev–Trinajstić information content (AvgIpc) is 2.40. The maximum absolute atomic E-state index is 11.0. The first-order chi connectivity index (χ1) is 9.15. The quantitative estimate of drug-likeness (QED) is 0.893. The predicted octanol–water partition coefficient (Wildman–Crippen LogP) is 3.34. The minimum atomic E-state index is 0.0418. The van der Waals surface area contributed by atoms with Crippen molar-refractivity contribution >= 4 is 28.3 Å². The van der Waals surface area contributed by atoms with Crippen LogP contribution < -0.4 is 5.32 Å². The van der Waals surface area contributed by atoms with E-state index in [-0.39, 0.29) is 5.91 Å². The van der Waals surface area contributed by atoms with Gasteiger partial charge in [0, 0.05) is 23.9 Å². The number of nitrogens with one attached hydrogen (secondary N) is 1. The van der Waals surface area contributed by atoms with E-state index in [4.69, 9.17) is 11.6 Å². The van der Waals surface area contributed by atoms with E-state index in [0.29, 0.717) is 5.92 Å². The van der Waals surface area contributed by atoms with Gasteiger partial charge in [0.2, 0.25) is 5.91 Å². The Balaban J connectivity index is 1.97. The Morgan fingerprint density at radius 2 is 2.00 bits per heavy atom. The summed E-state index contributed by atoms with van der Waals surface area (Å²) < 4.78 is 0. The summed E-state index contributed by atoms with van der Waals surface area (Å²) in [5.41, 5.74) is 2.69. The lowest BCUT2D eigenvalue weighted by molar-refractivity contribution is -0.119. The SMILES string of the molecule is CC(=O)NCC1Cc2cccc3c(Cl)ccc(c23)C1. The molecule has 19 heavy (non-hydrogen) atoms. The van der Waals surface area contributed by atoms with Gasteiger partial charge in [-0.05, 0) is 41.3 Å². The van der Waals surface area contributed by atoms with Gasteiger partial charge in [-0.2, -0.15) is 0 Å². The molecule has 1 unspecified atom stereocenters. The van der Waals surface area contributed by atoms with Gasteiger partial charge >= 0.3 is 0 Å². The highest BCUT2D eigenvalue weighted by Gasteiger charge is 2.21. The summed E-state index contributed by atoms with van der Waals surface area (Å²) in [4.78, 5) is 11.0. The van der Waals surface area contributed by atoms with Crippen molar-refractivity contribution < 1.29 is 4.79 Å². The van der Waals surface area contributed by atoms with Gasteiger partial charge in [0.1, 0.15) is 0 Å². The highest BCUT2D eigenvalue weighted by atomic mass is 35.5. The largest absolute Gasteiger partial charge is 0.356 e. The van der Waals surface area contributed by atoms with Gasteiger partial charge in [0.05, 0.1) is 0 Å². The van der Waals surface area contributed by atoms with Gasteiger partial charge in [0.25, 0.3) is 0 Å². The molecule has 1 N–H and O–H groups in total. The Morgan fingerprint density at radius 3 is 2.74 bits per heavy atom. The molecule has 0 aliphatic heterocycles. The predicted molar refractivity (Wildman–Crippen MR) is 78.5 cm³/mol. The fourth-order valence-corrected chi connectivity index (χ4v) is 3.21. The van der Waals surface area contributed by atoms with Crippen LogP contribution in [0.5, 0.6) is 0 Å². The summed E-state index contributed by atoms with van der Waals surface area (Å²) in [6.45, 7) is 2.31. The van der Waals surface area contributed by atoms with Crippen molar-refractivity contribution in [2.75, 3.05) is 6.54 Å². The summed E-state index contributed by atoms with van der Waals surface area (Å²) in [7, 11) is 0. The molecule has 98 valence electrons. The van der Waals surface area contributed by atoms with E-state index in [1.807, 2.05) is 6.07 Å². The summed E-state index contributed by atoms with van der Waals surface area (Å²) in [6, 6.07) is 10.4. The first kappa shape index (κ1) is 12.5. The molecule has 0 spiro atoms. The van der Waals surface area contributed by atoms with Crippen LogP contribution in [0.3, 0.4) is 0 Å². The Bertz CT molecular complexity index is 638. The molecule has 2 aromatic carbocycles. The molecule has 2 aromatic rings. The zero-order valence-electron chi connectivity index (χ0n) is 10.9. The molecule has 1 aliphatic carbocycles. The second-order valence-electron chi connectivity index (χ2n) is 5.26. The first-order valence-electron chi connectivity index (χ1n) is 6.58. The molecule has 0 fully saturated rings. The average molecular weight is 274 g/mol. The van der Waals surface area contributed by atoms with E-state index in [1.165, 1.54) is 16.5 Å². The van der Waals surface area contributed by atoms with Crippen LogP contribution in [0.4, 0.5) is 0 Å². The fraction of sp³-hybridized carbons (Fsp3) is 0.312. The van der Waals surface area contributed by atoms with Crippen molar-refractivity contribution in [2.45, 2.75) is 19.8 Å². The van der Waals surface area contributed by atoms with Crippen LogP contribution in [-0.2, 0) is 17.6 Å². The molecule has 1 amide bonds. The summed E-state index contributed by atoms with van der Waals surface area (Å²) >= 11 is 6.26. The number of amides is 1. The lowest BCUT2D eigenvalue weighted by atomic mass is 9.82. The molecule has 0 heterocycles. The number of halogens is 1. The molecule has 1 aliphatic rings. The molecular weight excluding hydrogens is 258 g/mol. The van der Waals surface area contributed by atoms with Crippen molar-refractivity contribution in [3.63, 3.8) is 0 Å². The van der Waals surface area contributed by atoms with Crippen molar-refractivity contribution in [1.29, 1.82) is 0 Å². The smallest absolute Gasteiger partial charge is 0.216 e. The van der Waals surface area contributed by atoms with E-state index in [0.717, 1.165) is 29.8 Å². The van der Waals surface area contributed by atoms with Crippen LogP contribution >= 0.6 is 11.6 Å². The number of hydrogen-bond acceptors (Lipinski definition) is 1. The molecule has 2 nitrogen and oxygen atoms in total. The highest BCUT2D eigenvalue weighted by molar-refractivity contribution is 6.35. The monoisotopic (exact) mass is 273 g/mol. The van der Waals surface area contributed by atoms with Crippen LogP contribution in [0.25, 0.3) is 10.8 Å². The molecule has 0 aromatic heterocycles. The van der Waals surface area contributed by atoms with Crippen LogP contribution in [0.15, 0.2) is 30.3 Å². The van der Waals surface area contributed by atoms with Gasteiger partial charge in [0.15, 0.2) is 0 Å². The molecule has 3 heteroatoms. The molecule has 0 saturated heterocycles. The number of carbonyl (C=O) groups excluding carboxylic acids is 1. The minimum absolute atomic E-state index is 0.0418. The van der Waals surface area contributed by atoms with Crippen molar-refractivity contribution in [1.82, 2.24) is 5.32 Å². The molecule has 0 radical (unpaired) electrons. The maximum atomic E-state index is 11.0. The lowest BCUT2D eigenvalue weighted by Crippen LogP contribution is -2.30. The Labute approximate surface area is 117 Å². The second-order valence-corrected chi connectivity index (χ2v) is 5.66. The van der Waals surface area contributed by atoms with Gasteiger partial charge in [-0.3, -0.25) is 4.79 Å². The topological polar surface area (TPSA) is 29.1 Å². The number of hydrogen-bond donors (Lipinski definition) is 1. The normalized spacial score (nSPS) is 17.5. The van der Waals surface area contributed by atoms with Gasteiger partial charge in [-0.25, -0.2) is 0 Å². The Kier molecular flexibility index (Phi) is 3.19. The number of benzene rings is 2. The maximum Gasteiger partial charge on any atom is 0.216 e. The third kappa shape index (κ3) is 2.33. The Morgan fingerprint density at radius 1 is 1.26 bits per heavy atom. The molecular formula is C16H16ClNO. The number of rotatable bonds is 2. The zero-order valence-corrected chi connectivity index (χ0v) is 11.6. The minimum Gasteiger partial charge on any atom is -0.356 e. The second kappa shape index (κ2) is 4.86. The Hall–Kier alpha value is -1.54. The molecule has 0 bridgehead atoms. The van der Waals surface area contributed by atoms with Crippen LogP contribution in [-0.4, -0.2) is 12.5 Å². The van der Waals surface area contributed by atoms with Crippen LogP contribution in [0.2, 0.25) is 5.02 Å². The van der Waals surface area contributed by atoms with E-state index < -0.39 is 0 Å². The van der Waals surface area contributed by atoms with Gasteiger partial charge < -0.3 is 5.32 Å². The van der Waals surface area contributed by atoms with E-state index in [9.17, 15) is 4.79 Å². The van der Waals surface area contributed by atoms with E-state index in [1.54, 1.807) is 6.92 Å². The van der Waals surface area contributed by atoms with E-state index >= 15 is 0 Å². The van der Waals surface area contributed by atoms with Crippen LogP contribution in [0.1, 0.15) is 18.1 Å². The van der Waals surface area contributed by atoms with Crippen molar-refractivity contribution in [2.24, 2.45) is 5.92 Å². The van der Waals surface area contributed by atoms with Gasteiger partial charge in [-0.15, -0.1) is 0 Å². The third-order valence-electron chi connectivity index (χ3n) is 3.82. The van der Waals surface area contributed by atoms with Crippen molar-refractivity contribution in [3.05, 3.63) is 46.5 Å². The fourth-order valence-electron chi connectivity index (χ4n) is 2.99.